The predicted octanol–water partition coefficient (Wildman–Crippen LogP) is 5.20. The molecule has 1 aliphatic carbocycles. The summed E-state index contributed by atoms with van der Waals surface area (Å²) in [5, 5.41) is 3.89. The zero-order valence-electron chi connectivity index (χ0n) is 13.2. The highest BCUT2D eigenvalue weighted by Gasteiger charge is 2.18. The van der Waals surface area contributed by atoms with Crippen LogP contribution in [0.1, 0.15) is 36.9 Å². The van der Waals surface area contributed by atoms with Crippen LogP contribution >= 0.6 is 35.4 Å². The van der Waals surface area contributed by atoms with Gasteiger partial charge in [-0.3, -0.25) is 9.97 Å². The minimum absolute atomic E-state index is 0.270. The van der Waals surface area contributed by atoms with Gasteiger partial charge in [-0.05, 0) is 38.7 Å². The lowest BCUT2D eigenvalue weighted by Crippen LogP contribution is -2.15. The van der Waals surface area contributed by atoms with Gasteiger partial charge in [-0.25, -0.2) is 0 Å². The summed E-state index contributed by atoms with van der Waals surface area (Å²) in [6, 6.07) is 1.92. The van der Waals surface area contributed by atoms with E-state index in [1.807, 2.05) is 13.0 Å². The average Bonchev–Trinajstić information content (AvgIpc) is 3.06. The van der Waals surface area contributed by atoms with E-state index in [0.717, 1.165) is 29.8 Å². The first-order chi connectivity index (χ1) is 11.5. The van der Waals surface area contributed by atoms with Crippen molar-refractivity contribution in [3.8, 4) is 5.75 Å². The number of nitrogens with one attached hydrogen (secondary N) is 1. The Morgan fingerprint density at radius 2 is 1.88 bits per heavy atom. The highest BCUT2D eigenvalue weighted by atomic mass is 35.5. The highest BCUT2D eigenvalue weighted by Crippen LogP contribution is 2.30. The zero-order chi connectivity index (χ0) is 17.1. The monoisotopic (exact) mass is 381 g/mol. The first kappa shape index (κ1) is 17.4. The Morgan fingerprint density at radius 3 is 2.54 bits per heavy atom. The number of aromatic nitrogens is 2. The van der Waals surface area contributed by atoms with E-state index in [1.54, 1.807) is 6.20 Å². The van der Waals surface area contributed by atoms with Crippen molar-refractivity contribution in [1.82, 2.24) is 9.97 Å². The molecule has 1 aliphatic rings. The third-order valence-electron chi connectivity index (χ3n) is 3.99. The second-order valence-electron chi connectivity index (χ2n) is 5.76. The number of hydrogen-bond acceptors (Lipinski definition) is 4. The van der Waals surface area contributed by atoms with Gasteiger partial charge in [-0.15, -0.1) is 0 Å². The molecule has 0 spiro atoms. The van der Waals surface area contributed by atoms with Crippen LogP contribution in [0.5, 0.6) is 5.75 Å². The van der Waals surface area contributed by atoms with E-state index in [-0.39, 0.29) is 6.10 Å². The van der Waals surface area contributed by atoms with Crippen LogP contribution < -0.4 is 10.1 Å². The first-order valence-electron chi connectivity index (χ1n) is 7.78. The number of anilines is 1. The largest absolute Gasteiger partial charge is 0.489 e. The molecule has 0 radical (unpaired) electrons. The molecule has 1 saturated carbocycles. The number of nitrogens with zero attached hydrogens (tertiary/aromatic N) is 2. The van der Waals surface area contributed by atoms with Crippen molar-refractivity contribution in [1.29, 1.82) is 0 Å². The second kappa shape index (κ2) is 7.64. The minimum Gasteiger partial charge on any atom is -0.489 e. The molecule has 0 aliphatic heterocycles. The molecule has 2 heterocycles. The maximum Gasteiger partial charge on any atom is 0.141 e. The Kier molecular flexibility index (Phi) is 5.54. The average molecular weight is 382 g/mol. The molecule has 0 aromatic carbocycles. The molecular weight excluding hydrogens is 365 g/mol. The van der Waals surface area contributed by atoms with Gasteiger partial charge in [0.15, 0.2) is 0 Å². The van der Waals surface area contributed by atoms with E-state index in [0.29, 0.717) is 20.7 Å². The molecule has 2 aromatic rings. The molecular formula is C17H17Cl2N3OS. The van der Waals surface area contributed by atoms with E-state index in [9.17, 15) is 0 Å². The molecule has 0 atom stereocenters. The summed E-state index contributed by atoms with van der Waals surface area (Å²) < 4.78 is 6.08. The summed E-state index contributed by atoms with van der Waals surface area (Å²) in [6.45, 7) is 1.93. The van der Waals surface area contributed by atoms with E-state index in [4.69, 9.17) is 40.2 Å². The molecule has 0 saturated heterocycles. The fourth-order valence-electron chi connectivity index (χ4n) is 2.66. The Balaban J connectivity index is 1.79. The molecule has 24 heavy (non-hydrogen) atoms. The van der Waals surface area contributed by atoms with Gasteiger partial charge in [0.2, 0.25) is 0 Å². The van der Waals surface area contributed by atoms with Gasteiger partial charge in [0, 0.05) is 24.2 Å². The number of thiocarbonyl (C=S) groups is 1. The van der Waals surface area contributed by atoms with Crippen molar-refractivity contribution in [3.05, 3.63) is 46.0 Å². The zero-order valence-corrected chi connectivity index (χ0v) is 15.5. The summed E-state index contributed by atoms with van der Waals surface area (Å²) in [6.07, 6.45) is 9.64. The Labute approximate surface area is 156 Å². The van der Waals surface area contributed by atoms with Crippen LogP contribution in [-0.4, -0.2) is 21.1 Å². The molecule has 4 nitrogen and oxygen atoms in total. The van der Waals surface area contributed by atoms with Crippen LogP contribution in [0.15, 0.2) is 24.7 Å². The van der Waals surface area contributed by atoms with Gasteiger partial charge in [0.25, 0.3) is 0 Å². The van der Waals surface area contributed by atoms with Crippen LogP contribution in [0.3, 0.4) is 0 Å². The normalized spacial score (nSPS) is 14.6. The van der Waals surface area contributed by atoms with Crippen molar-refractivity contribution >= 4 is 46.1 Å². The first-order valence-corrected chi connectivity index (χ1v) is 8.94. The second-order valence-corrected chi connectivity index (χ2v) is 6.99. The molecule has 3 rings (SSSR count). The van der Waals surface area contributed by atoms with Gasteiger partial charge in [-0.1, -0.05) is 35.4 Å². The van der Waals surface area contributed by atoms with E-state index in [1.165, 1.54) is 25.2 Å². The van der Waals surface area contributed by atoms with Crippen LogP contribution in [-0.2, 0) is 0 Å². The lowest BCUT2D eigenvalue weighted by Gasteiger charge is -2.16. The van der Waals surface area contributed by atoms with E-state index in [2.05, 4.69) is 15.3 Å². The van der Waals surface area contributed by atoms with E-state index < -0.39 is 0 Å². The molecule has 2 aromatic heterocycles. The summed E-state index contributed by atoms with van der Waals surface area (Å²) in [5.41, 5.74) is 2.15. The smallest absolute Gasteiger partial charge is 0.141 e. The van der Waals surface area contributed by atoms with Crippen molar-refractivity contribution in [2.24, 2.45) is 0 Å². The fraction of sp³-hybridized carbons (Fsp3) is 0.353. The summed E-state index contributed by atoms with van der Waals surface area (Å²) in [5.74, 6) is 0.774. The van der Waals surface area contributed by atoms with Crippen LogP contribution in [0.25, 0.3) is 0 Å². The molecule has 1 fully saturated rings. The van der Waals surface area contributed by atoms with Gasteiger partial charge < -0.3 is 10.1 Å². The summed E-state index contributed by atoms with van der Waals surface area (Å²) in [7, 11) is 0. The van der Waals surface area contributed by atoms with Gasteiger partial charge in [0.1, 0.15) is 10.7 Å². The van der Waals surface area contributed by atoms with Crippen LogP contribution in [0.4, 0.5) is 5.69 Å². The summed E-state index contributed by atoms with van der Waals surface area (Å²) in [4.78, 5) is 8.81. The number of rotatable bonds is 4. The maximum absolute atomic E-state index is 6.12. The highest BCUT2D eigenvalue weighted by molar-refractivity contribution is 7.81. The number of pyridine rings is 2. The molecule has 0 amide bonds. The van der Waals surface area contributed by atoms with Crippen molar-refractivity contribution in [2.75, 3.05) is 5.32 Å². The molecule has 0 unspecified atom stereocenters. The Bertz CT molecular complexity index is 743. The molecule has 0 bridgehead atoms. The molecule has 126 valence electrons. The fourth-order valence-corrected chi connectivity index (χ4v) is 3.33. The minimum atomic E-state index is 0.270. The van der Waals surface area contributed by atoms with Crippen molar-refractivity contribution in [3.63, 3.8) is 0 Å². The number of ether oxygens (including phenoxy) is 1. The van der Waals surface area contributed by atoms with Gasteiger partial charge >= 0.3 is 0 Å². The Morgan fingerprint density at radius 1 is 1.21 bits per heavy atom. The molecule has 7 heteroatoms. The predicted molar refractivity (Wildman–Crippen MR) is 101 cm³/mol. The van der Waals surface area contributed by atoms with Crippen molar-refractivity contribution in [2.45, 2.75) is 38.7 Å². The Hall–Kier alpha value is -1.43. The van der Waals surface area contributed by atoms with Gasteiger partial charge in [-0.2, -0.15) is 0 Å². The number of halogens is 2. The standard InChI is InChI=1S/C17H17Cl2N3OS/c1-10-15(23-12-4-2-3-5-12)6-11(7-21-10)17(24)22-16-13(18)8-20-9-14(16)19/h6-9,12H,2-5H2,1H3,(H,20,22,24). The quantitative estimate of drug-likeness (QED) is 0.737. The van der Waals surface area contributed by atoms with Gasteiger partial charge in [0.05, 0.1) is 27.5 Å². The van der Waals surface area contributed by atoms with Crippen molar-refractivity contribution < 1.29 is 4.74 Å². The van der Waals surface area contributed by atoms with Crippen LogP contribution in [0, 0.1) is 6.92 Å². The number of aryl methyl sites for hydroxylation is 1. The van der Waals surface area contributed by atoms with E-state index >= 15 is 0 Å². The SMILES string of the molecule is Cc1ncc(C(=S)Nc2c(Cl)cncc2Cl)cc1OC1CCCC1. The summed E-state index contributed by atoms with van der Waals surface area (Å²) >= 11 is 17.7. The topological polar surface area (TPSA) is 47.0 Å². The maximum atomic E-state index is 6.12. The third kappa shape index (κ3) is 3.97. The van der Waals surface area contributed by atoms with Crippen LogP contribution in [0.2, 0.25) is 10.0 Å². The molecule has 1 N–H and O–H groups in total. The third-order valence-corrected chi connectivity index (χ3v) is 4.90. The lowest BCUT2D eigenvalue weighted by atomic mass is 10.2. The lowest BCUT2D eigenvalue weighted by molar-refractivity contribution is 0.207. The number of hydrogen-bond donors (Lipinski definition) is 1.